The Labute approximate surface area is 171 Å². The van der Waals surface area contributed by atoms with Gasteiger partial charge in [0.15, 0.2) is 18.1 Å². The molecule has 0 atom stereocenters. The molecular formula is C21H28ClNO5. The lowest BCUT2D eigenvalue weighted by Crippen LogP contribution is -2.29. The maximum absolute atomic E-state index is 12.3. The molecule has 1 N–H and O–H groups in total. The number of allylic oxidation sites excluding steroid dienone is 1. The third kappa shape index (κ3) is 6.75. The van der Waals surface area contributed by atoms with Crippen molar-refractivity contribution in [3.8, 4) is 11.5 Å². The smallest absolute Gasteiger partial charge is 0.338 e. The van der Waals surface area contributed by atoms with Crippen molar-refractivity contribution >= 4 is 23.5 Å². The van der Waals surface area contributed by atoms with Gasteiger partial charge < -0.3 is 19.5 Å². The number of halogens is 1. The van der Waals surface area contributed by atoms with Crippen LogP contribution in [0, 0.1) is 0 Å². The van der Waals surface area contributed by atoms with Gasteiger partial charge in [0.2, 0.25) is 0 Å². The van der Waals surface area contributed by atoms with E-state index in [1.165, 1.54) is 37.7 Å². The lowest BCUT2D eigenvalue weighted by atomic mass is 9.97. The summed E-state index contributed by atoms with van der Waals surface area (Å²) in [5.74, 6) is -0.284. The molecule has 154 valence electrons. The second kappa shape index (κ2) is 11.0. The predicted octanol–water partition coefficient (Wildman–Crippen LogP) is 4.30. The molecular weight excluding hydrogens is 382 g/mol. The van der Waals surface area contributed by atoms with Crippen molar-refractivity contribution in [2.75, 3.05) is 20.3 Å². The number of carbonyl (C=O) groups excluding carboxylic acids is 2. The van der Waals surface area contributed by atoms with Gasteiger partial charge in [-0.25, -0.2) is 4.79 Å². The van der Waals surface area contributed by atoms with E-state index in [0.717, 1.165) is 19.3 Å². The molecule has 1 aromatic rings. The topological polar surface area (TPSA) is 73.9 Å². The minimum Gasteiger partial charge on any atom is -0.493 e. The molecule has 0 aromatic heterocycles. The number of methoxy groups -OCH3 is 1. The molecule has 1 aliphatic rings. The Hall–Kier alpha value is -2.21. The van der Waals surface area contributed by atoms with Crippen LogP contribution in [0.5, 0.6) is 11.5 Å². The van der Waals surface area contributed by atoms with Gasteiger partial charge in [0.05, 0.1) is 23.8 Å². The van der Waals surface area contributed by atoms with E-state index in [4.69, 9.17) is 25.8 Å². The maximum Gasteiger partial charge on any atom is 0.338 e. The lowest BCUT2D eigenvalue weighted by molar-refractivity contribution is -0.124. The molecule has 6 nitrogen and oxygen atoms in total. The number of nitrogens with one attached hydrogen (secondary N) is 1. The van der Waals surface area contributed by atoms with Crippen LogP contribution < -0.4 is 14.8 Å². The molecule has 0 saturated carbocycles. The number of hydrogen-bond acceptors (Lipinski definition) is 5. The predicted molar refractivity (Wildman–Crippen MR) is 108 cm³/mol. The molecule has 0 spiro atoms. The lowest BCUT2D eigenvalue weighted by Gasteiger charge is -2.16. The highest BCUT2D eigenvalue weighted by Gasteiger charge is 2.18. The Morgan fingerprint density at radius 1 is 1.25 bits per heavy atom. The molecule has 0 bridgehead atoms. The summed E-state index contributed by atoms with van der Waals surface area (Å²) in [5.41, 5.74) is 1.58. The number of ether oxygens (including phenoxy) is 3. The van der Waals surface area contributed by atoms with E-state index >= 15 is 0 Å². The van der Waals surface area contributed by atoms with Crippen LogP contribution in [-0.4, -0.2) is 38.2 Å². The van der Waals surface area contributed by atoms with E-state index in [1.807, 2.05) is 13.8 Å². The molecule has 0 saturated heterocycles. The van der Waals surface area contributed by atoms with Crippen LogP contribution >= 0.6 is 11.6 Å². The maximum atomic E-state index is 12.3. The fraction of sp³-hybridized carbons (Fsp3) is 0.524. The van der Waals surface area contributed by atoms with E-state index in [1.54, 1.807) is 0 Å². The summed E-state index contributed by atoms with van der Waals surface area (Å²) in [6.45, 7) is 3.92. The summed E-state index contributed by atoms with van der Waals surface area (Å²) < 4.78 is 16.0. The van der Waals surface area contributed by atoms with Gasteiger partial charge in [0, 0.05) is 6.54 Å². The molecule has 1 amide bonds. The van der Waals surface area contributed by atoms with Crippen molar-refractivity contribution in [2.45, 2.75) is 52.1 Å². The van der Waals surface area contributed by atoms with E-state index in [9.17, 15) is 9.59 Å². The molecule has 0 radical (unpaired) electrons. The van der Waals surface area contributed by atoms with Crippen molar-refractivity contribution < 1.29 is 23.8 Å². The highest BCUT2D eigenvalue weighted by molar-refractivity contribution is 6.32. The average molecular weight is 410 g/mol. The van der Waals surface area contributed by atoms with Crippen LogP contribution in [0.1, 0.15) is 56.3 Å². The first-order chi connectivity index (χ1) is 13.4. The zero-order chi connectivity index (χ0) is 20.5. The summed E-state index contributed by atoms with van der Waals surface area (Å²) in [7, 11) is 1.46. The average Bonchev–Trinajstić information content (AvgIpc) is 2.68. The third-order valence-electron chi connectivity index (χ3n) is 4.31. The second-order valence-corrected chi connectivity index (χ2v) is 7.35. The summed E-state index contributed by atoms with van der Waals surface area (Å²) in [6.07, 6.45) is 7.66. The Balaban J connectivity index is 1.85. The van der Waals surface area contributed by atoms with Crippen LogP contribution in [0.25, 0.3) is 0 Å². The zero-order valence-corrected chi connectivity index (χ0v) is 17.4. The first-order valence-electron chi connectivity index (χ1n) is 9.56. The van der Waals surface area contributed by atoms with E-state index < -0.39 is 5.97 Å². The number of hydrogen-bond donors (Lipinski definition) is 1. The molecule has 0 unspecified atom stereocenters. The van der Waals surface area contributed by atoms with E-state index in [0.29, 0.717) is 18.0 Å². The van der Waals surface area contributed by atoms with Crippen molar-refractivity contribution in [3.63, 3.8) is 0 Å². The summed E-state index contributed by atoms with van der Waals surface area (Å²) in [5, 5.41) is 3.01. The molecule has 0 aliphatic heterocycles. The number of amides is 1. The molecule has 1 aliphatic carbocycles. The molecule has 1 aromatic carbocycles. The molecule has 0 heterocycles. The minimum atomic E-state index is -0.651. The molecule has 7 heteroatoms. The standard InChI is InChI=1S/C21H28ClNO5/c1-14(2)28-20-17(22)11-16(12-18(20)26-3)21(25)27-13-19(24)23-10-9-15-7-5-4-6-8-15/h7,11-12,14H,4-6,8-10,13H2,1-3H3,(H,23,24). The summed E-state index contributed by atoms with van der Waals surface area (Å²) >= 11 is 6.21. The third-order valence-corrected chi connectivity index (χ3v) is 4.59. The van der Waals surface area contributed by atoms with Crippen LogP contribution in [-0.2, 0) is 9.53 Å². The van der Waals surface area contributed by atoms with Crippen LogP contribution in [0.3, 0.4) is 0 Å². The van der Waals surface area contributed by atoms with Crippen LogP contribution in [0.15, 0.2) is 23.8 Å². The number of benzene rings is 1. The first-order valence-corrected chi connectivity index (χ1v) is 9.94. The summed E-state index contributed by atoms with van der Waals surface area (Å²) in [6, 6.07) is 2.93. The quantitative estimate of drug-likeness (QED) is 0.486. The monoisotopic (exact) mass is 409 g/mol. The van der Waals surface area contributed by atoms with Gasteiger partial charge >= 0.3 is 5.97 Å². The largest absolute Gasteiger partial charge is 0.493 e. The fourth-order valence-corrected chi connectivity index (χ4v) is 3.20. The minimum absolute atomic E-state index is 0.0997. The number of esters is 1. The normalized spacial score (nSPS) is 13.7. The molecule has 28 heavy (non-hydrogen) atoms. The van der Waals surface area contributed by atoms with Crippen molar-refractivity contribution in [1.82, 2.24) is 5.32 Å². The van der Waals surface area contributed by atoms with Gasteiger partial charge in [-0.2, -0.15) is 0 Å². The van der Waals surface area contributed by atoms with Crippen molar-refractivity contribution in [3.05, 3.63) is 34.4 Å². The van der Waals surface area contributed by atoms with Gasteiger partial charge in [-0.1, -0.05) is 23.3 Å². The van der Waals surface area contributed by atoms with Gasteiger partial charge in [-0.05, 0) is 58.1 Å². The van der Waals surface area contributed by atoms with Gasteiger partial charge in [-0.15, -0.1) is 0 Å². The molecule has 0 fully saturated rings. The molecule has 2 rings (SSSR count). The van der Waals surface area contributed by atoms with Gasteiger partial charge in [0.1, 0.15) is 0 Å². The Kier molecular flexibility index (Phi) is 8.64. The SMILES string of the molecule is COc1cc(C(=O)OCC(=O)NCCC2=CCCCC2)cc(Cl)c1OC(C)C. The van der Waals surface area contributed by atoms with E-state index in [-0.39, 0.29) is 29.2 Å². The highest BCUT2D eigenvalue weighted by Crippen LogP contribution is 2.37. The Bertz CT molecular complexity index is 730. The summed E-state index contributed by atoms with van der Waals surface area (Å²) in [4.78, 5) is 24.2. The Morgan fingerprint density at radius 3 is 2.68 bits per heavy atom. The zero-order valence-electron chi connectivity index (χ0n) is 16.7. The number of carbonyl (C=O) groups is 2. The van der Waals surface area contributed by atoms with Crippen LogP contribution in [0.2, 0.25) is 5.02 Å². The van der Waals surface area contributed by atoms with Crippen molar-refractivity contribution in [1.29, 1.82) is 0 Å². The van der Waals surface area contributed by atoms with Crippen molar-refractivity contribution in [2.24, 2.45) is 0 Å². The second-order valence-electron chi connectivity index (χ2n) is 6.94. The highest BCUT2D eigenvalue weighted by atomic mass is 35.5. The van der Waals surface area contributed by atoms with Gasteiger partial charge in [0.25, 0.3) is 5.91 Å². The van der Waals surface area contributed by atoms with E-state index in [2.05, 4.69) is 11.4 Å². The number of rotatable bonds is 9. The van der Waals surface area contributed by atoms with Gasteiger partial charge in [-0.3, -0.25) is 4.79 Å². The van der Waals surface area contributed by atoms with Crippen LogP contribution in [0.4, 0.5) is 0 Å². The Morgan fingerprint density at radius 2 is 2.04 bits per heavy atom. The fourth-order valence-electron chi connectivity index (χ4n) is 2.95. The first kappa shape index (κ1) is 22.1.